The number of hydrogen-bond donors (Lipinski definition) is 0. The Balaban J connectivity index is 2.51. The van der Waals surface area contributed by atoms with Crippen LogP contribution in [0.1, 0.15) is 12.8 Å². The highest BCUT2D eigenvalue weighted by molar-refractivity contribution is 8.04. The third-order valence-corrected chi connectivity index (χ3v) is 5.31. The van der Waals surface area contributed by atoms with Crippen molar-refractivity contribution in [3.8, 4) is 11.8 Å². The van der Waals surface area contributed by atoms with Crippen LogP contribution in [-0.2, 0) is 10.9 Å². The van der Waals surface area contributed by atoms with Crippen molar-refractivity contribution >= 4 is 10.9 Å². The summed E-state index contributed by atoms with van der Waals surface area (Å²) in [6.45, 7) is 7.79. The summed E-state index contributed by atoms with van der Waals surface area (Å²) >= 11 is 0. The molecule has 2 rings (SSSR count). The van der Waals surface area contributed by atoms with E-state index in [0.717, 1.165) is 12.8 Å². The highest BCUT2D eigenvalue weighted by atomic mass is 32.2. The van der Waals surface area contributed by atoms with E-state index in [4.69, 9.17) is 0 Å². The van der Waals surface area contributed by atoms with Crippen LogP contribution in [0.4, 0.5) is 0 Å². The fourth-order valence-corrected chi connectivity index (χ4v) is 4.19. The molecule has 0 aromatic heterocycles. The van der Waals surface area contributed by atoms with Gasteiger partial charge < -0.3 is 0 Å². The minimum absolute atomic E-state index is 0.152. The second kappa shape index (κ2) is 8.19. The zero-order chi connectivity index (χ0) is 14.9. The third kappa shape index (κ3) is 4.15. The molecule has 0 amide bonds. The zero-order valence-electron chi connectivity index (χ0n) is 12.1. The molecule has 0 spiro atoms. The molecule has 104 valence electrons. The molecule has 0 radical (unpaired) electrons. The summed E-state index contributed by atoms with van der Waals surface area (Å²) in [6, 6.07) is 10.5. The average Bonchev–Trinajstić information content (AvgIpc) is 2.49. The Morgan fingerprint density at radius 3 is 2.67 bits per heavy atom. The summed E-state index contributed by atoms with van der Waals surface area (Å²) in [5, 5.41) is 0. The van der Waals surface area contributed by atoms with Gasteiger partial charge in [0.15, 0.2) is 14.7 Å². The van der Waals surface area contributed by atoms with Crippen molar-refractivity contribution < 1.29 is 0 Å². The molecule has 0 N–H and O–H groups in total. The van der Waals surface area contributed by atoms with Crippen LogP contribution in [0.3, 0.4) is 0 Å². The van der Waals surface area contributed by atoms with E-state index in [1.54, 1.807) is 0 Å². The van der Waals surface area contributed by atoms with E-state index < -0.39 is 0 Å². The van der Waals surface area contributed by atoms with E-state index in [9.17, 15) is 0 Å². The quantitative estimate of drug-likeness (QED) is 0.399. The third-order valence-electron chi connectivity index (χ3n) is 2.99. The van der Waals surface area contributed by atoms with Crippen molar-refractivity contribution in [3.05, 3.63) is 89.8 Å². The lowest BCUT2D eigenvalue weighted by atomic mass is 10.2. The van der Waals surface area contributed by atoms with Crippen LogP contribution in [0.5, 0.6) is 0 Å². The summed E-state index contributed by atoms with van der Waals surface area (Å²) in [4.78, 5) is 3.78. The maximum absolute atomic E-state index is 3.97. The monoisotopic (exact) mass is 291 g/mol. The van der Waals surface area contributed by atoms with Crippen LogP contribution in [0, 0.1) is 11.8 Å². The van der Waals surface area contributed by atoms with Crippen LogP contribution >= 0.6 is 0 Å². The number of hydrogen-bond acceptors (Lipinski definition) is 0. The van der Waals surface area contributed by atoms with Gasteiger partial charge in [-0.1, -0.05) is 61.4 Å². The van der Waals surface area contributed by atoms with Crippen molar-refractivity contribution in [2.24, 2.45) is 0 Å². The maximum atomic E-state index is 3.97. The van der Waals surface area contributed by atoms with Crippen molar-refractivity contribution in [2.45, 2.75) is 17.7 Å². The standard InChI is InChI=1S/C20H19S/c1-3-13-18(4-2)21(20-16-11-8-12-17-20)19-14-9-6-5-7-10-15-19/h3-4,6,8-9,11-14,16-17H,1-2,5,15H2/q+1/b9-6-,18-13+,19-14+. The molecule has 21 heavy (non-hydrogen) atoms. The molecule has 1 aromatic carbocycles. The first-order valence-corrected chi connectivity index (χ1v) is 8.15. The van der Waals surface area contributed by atoms with Gasteiger partial charge in [0.2, 0.25) is 0 Å². The lowest BCUT2D eigenvalue weighted by Gasteiger charge is -2.10. The van der Waals surface area contributed by atoms with E-state index >= 15 is 0 Å². The highest BCUT2D eigenvalue weighted by Crippen LogP contribution is 2.32. The van der Waals surface area contributed by atoms with Crippen LogP contribution < -0.4 is 0 Å². The number of allylic oxidation sites excluding steroid dienone is 7. The molecule has 1 unspecified atom stereocenters. The highest BCUT2D eigenvalue weighted by Gasteiger charge is 2.30. The molecular weight excluding hydrogens is 272 g/mol. The Labute approximate surface area is 130 Å². The summed E-state index contributed by atoms with van der Waals surface area (Å²) in [7, 11) is -0.152. The van der Waals surface area contributed by atoms with E-state index in [2.05, 4.69) is 67.5 Å². The van der Waals surface area contributed by atoms with Gasteiger partial charge in [0.1, 0.15) is 0 Å². The Morgan fingerprint density at radius 1 is 1.14 bits per heavy atom. The normalized spacial score (nSPS) is 19.8. The Bertz CT molecular complexity index is 648. The molecule has 1 aliphatic rings. The van der Waals surface area contributed by atoms with Crippen LogP contribution in [0.25, 0.3) is 0 Å². The molecule has 0 nitrogen and oxygen atoms in total. The molecule has 0 saturated carbocycles. The summed E-state index contributed by atoms with van der Waals surface area (Å²) in [6.07, 6.45) is 13.8. The lowest BCUT2D eigenvalue weighted by molar-refractivity contribution is 1.34. The van der Waals surface area contributed by atoms with Gasteiger partial charge in [0.05, 0.1) is 17.3 Å². The summed E-state index contributed by atoms with van der Waals surface area (Å²) in [5.74, 6) is 6.43. The lowest BCUT2D eigenvalue weighted by Crippen LogP contribution is -2.08. The van der Waals surface area contributed by atoms with Crippen LogP contribution in [-0.4, -0.2) is 0 Å². The van der Waals surface area contributed by atoms with Crippen molar-refractivity contribution in [2.75, 3.05) is 0 Å². The Kier molecular flexibility index (Phi) is 5.94. The fourth-order valence-electron chi connectivity index (χ4n) is 2.05. The van der Waals surface area contributed by atoms with Crippen LogP contribution in [0.15, 0.2) is 94.7 Å². The predicted molar refractivity (Wildman–Crippen MR) is 94.8 cm³/mol. The van der Waals surface area contributed by atoms with Gasteiger partial charge in [-0.25, -0.2) is 0 Å². The van der Waals surface area contributed by atoms with E-state index in [1.165, 1.54) is 14.7 Å². The topological polar surface area (TPSA) is 0 Å². The Hall–Kier alpha value is -2.17. The molecule has 0 heterocycles. The van der Waals surface area contributed by atoms with Crippen molar-refractivity contribution in [1.82, 2.24) is 0 Å². The van der Waals surface area contributed by atoms with E-state index in [0.29, 0.717) is 0 Å². The molecular formula is C20H19S+. The van der Waals surface area contributed by atoms with Gasteiger partial charge in [0, 0.05) is 6.42 Å². The first-order chi connectivity index (χ1) is 10.4. The van der Waals surface area contributed by atoms with Gasteiger partial charge in [-0.05, 0) is 30.4 Å². The maximum Gasteiger partial charge on any atom is 0.166 e. The average molecular weight is 291 g/mol. The molecule has 0 saturated heterocycles. The first-order valence-electron chi connectivity index (χ1n) is 6.92. The second-order valence-electron chi connectivity index (χ2n) is 4.42. The Morgan fingerprint density at radius 2 is 1.95 bits per heavy atom. The van der Waals surface area contributed by atoms with Gasteiger partial charge in [-0.3, -0.25) is 0 Å². The molecule has 1 heteroatoms. The van der Waals surface area contributed by atoms with Crippen LogP contribution in [0.2, 0.25) is 0 Å². The zero-order valence-corrected chi connectivity index (χ0v) is 12.9. The fraction of sp³-hybridized carbons (Fsp3) is 0.100. The molecule has 0 aliphatic heterocycles. The molecule has 1 aliphatic carbocycles. The van der Waals surface area contributed by atoms with E-state index in [-0.39, 0.29) is 10.9 Å². The number of rotatable bonds is 5. The van der Waals surface area contributed by atoms with Crippen molar-refractivity contribution in [1.29, 1.82) is 0 Å². The minimum Gasteiger partial charge on any atom is -0.0989 e. The second-order valence-corrected chi connectivity index (χ2v) is 6.50. The largest absolute Gasteiger partial charge is 0.166 e. The molecule has 0 bridgehead atoms. The molecule has 1 atom stereocenters. The molecule has 1 aromatic rings. The van der Waals surface area contributed by atoms with Gasteiger partial charge in [-0.2, -0.15) is 0 Å². The first kappa shape index (κ1) is 15.2. The SMILES string of the molecule is C=C/C=C(\C=C)[S+](/C1=C/C=C\CC#CC1)c1ccccc1. The summed E-state index contributed by atoms with van der Waals surface area (Å²) < 4.78 is 0. The summed E-state index contributed by atoms with van der Waals surface area (Å²) in [5.41, 5.74) is 0. The minimum atomic E-state index is -0.152. The van der Waals surface area contributed by atoms with E-state index in [1.807, 2.05) is 24.3 Å². The number of benzene rings is 1. The van der Waals surface area contributed by atoms with Gasteiger partial charge in [0.25, 0.3) is 0 Å². The van der Waals surface area contributed by atoms with Crippen molar-refractivity contribution in [3.63, 3.8) is 0 Å². The predicted octanol–water partition coefficient (Wildman–Crippen LogP) is 5.16. The van der Waals surface area contributed by atoms with Gasteiger partial charge >= 0.3 is 0 Å². The molecule has 0 fully saturated rings. The smallest absolute Gasteiger partial charge is 0.0989 e. The van der Waals surface area contributed by atoms with Gasteiger partial charge in [-0.15, -0.1) is 0 Å².